The van der Waals surface area contributed by atoms with E-state index in [2.05, 4.69) is 15.5 Å². The van der Waals surface area contributed by atoms with E-state index in [0.29, 0.717) is 30.3 Å². The molecule has 30 heavy (non-hydrogen) atoms. The minimum Gasteiger partial charge on any atom is -0.488 e. The first-order valence-electron chi connectivity index (χ1n) is 9.76. The van der Waals surface area contributed by atoms with Crippen LogP contribution in [0, 0.1) is 6.92 Å². The third kappa shape index (κ3) is 4.18. The van der Waals surface area contributed by atoms with Crippen LogP contribution in [0.4, 0.5) is 19.0 Å². The maximum atomic E-state index is 13.3. The van der Waals surface area contributed by atoms with Crippen LogP contribution in [0.3, 0.4) is 0 Å². The summed E-state index contributed by atoms with van der Waals surface area (Å²) in [6, 6.07) is 9.44. The van der Waals surface area contributed by atoms with E-state index in [1.54, 1.807) is 19.2 Å². The number of hydrogen-bond acceptors (Lipinski definition) is 5. The van der Waals surface area contributed by atoms with Gasteiger partial charge in [0.1, 0.15) is 11.9 Å². The van der Waals surface area contributed by atoms with Gasteiger partial charge in [-0.15, -0.1) is 5.10 Å². The van der Waals surface area contributed by atoms with Crippen LogP contribution in [-0.2, 0) is 10.9 Å². The van der Waals surface area contributed by atoms with Crippen molar-refractivity contribution in [1.29, 1.82) is 0 Å². The fourth-order valence-corrected chi connectivity index (χ4v) is 3.75. The molecule has 0 unspecified atom stereocenters. The summed E-state index contributed by atoms with van der Waals surface area (Å²) in [7, 11) is 0. The largest absolute Gasteiger partial charge is 0.488 e. The molecule has 1 N–H and O–H groups in total. The van der Waals surface area contributed by atoms with Crippen molar-refractivity contribution in [3.8, 4) is 5.75 Å². The second-order valence-electron chi connectivity index (χ2n) is 7.43. The molecule has 0 saturated carbocycles. The summed E-state index contributed by atoms with van der Waals surface area (Å²) >= 11 is 0. The van der Waals surface area contributed by atoms with Gasteiger partial charge < -0.3 is 14.8 Å². The highest BCUT2D eigenvalue weighted by Gasteiger charge is 2.33. The quantitative estimate of drug-likeness (QED) is 0.611. The Morgan fingerprint density at radius 3 is 2.80 bits per heavy atom. The molecule has 0 amide bonds. The Morgan fingerprint density at radius 2 is 2.07 bits per heavy atom. The lowest BCUT2D eigenvalue weighted by atomic mass is 9.97. The SMILES string of the molecule is Cc1c([C@@H](C)Nc2nncc3ccc(O[C@H]4CCOC4)cc23)cccc1C(F)(F)F. The summed E-state index contributed by atoms with van der Waals surface area (Å²) in [5.41, 5.74) is 0.120. The first-order chi connectivity index (χ1) is 14.3. The van der Waals surface area contributed by atoms with Crippen LogP contribution in [0.1, 0.15) is 36.1 Å². The van der Waals surface area contributed by atoms with Gasteiger partial charge in [0.05, 0.1) is 31.0 Å². The molecule has 1 saturated heterocycles. The molecule has 1 aromatic heterocycles. The Labute approximate surface area is 172 Å². The summed E-state index contributed by atoms with van der Waals surface area (Å²) in [6.45, 7) is 4.54. The minimum atomic E-state index is -4.39. The predicted octanol–water partition coefficient (Wildman–Crippen LogP) is 5.30. The van der Waals surface area contributed by atoms with Gasteiger partial charge in [-0.25, -0.2) is 0 Å². The van der Waals surface area contributed by atoms with Crippen LogP contribution in [0.25, 0.3) is 10.8 Å². The summed E-state index contributed by atoms with van der Waals surface area (Å²) in [6.07, 6.45) is -1.90. The van der Waals surface area contributed by atoms with Gasteiger partial charge in [0.15, 0.2) is 5.82 Å². The van der Waals surface area contributed by atoms with Crippen LogP contribution < -0.4 is 10.1 Å². The predicted molar refractivity (Wildman–Crippen MR) is 108 cm³/mol. The van der Waals surface area contributed by atoms with E-state index in [1.807, 2.05) is 18.2 Å². The fourth-order valence-electron chi connectivity index (χ4n) is 3.75. The number of benzene rings is 2. The average Bonchev–Trinajstić information content (AvgIpc) is 3.20. The van der Waals surface area contributed by atoms with Crippen molar-refractivity contribution in [2.75, 3.05) is 18.5 Å². The Balaban J connectivity index is 1.63. The topological polar surface area (TPSA) is 56.3 Å². The van der Waals surface area contributed by atoms with Crippen molar-refractivity contribution < 1.29 is 22.6 Å². The number of hydrogen-bond donors (Lipinski definition) is 1. The van der Waals surface area contributed by atoms with Gasteiger partial charge >= 0.3 is 6.18 Å². The minimum absolute atomic E-state index is 0.0142. The third-order valence-corrected chi connectivity index (χ3v) is 5.33. The number of rotatable bonds is 5. The van der Waals surface area contributed by atoms with Gasteiger partial charge in [0, 0.05) is 17.2 Å². The zero-order valence-corrected chi connectivity index (χ0v) is 16.7. The number of fused-ring (bicyclic) bond motifs is 1. The summed E-state index contributed by atoms with van der Waals surface area (Å²) in [5, 5.41) is 13.1. The molecule has 2 heterocycles. The maximum absolute atomic E-state index is 13.3. The number of ether oxygens (including phenoxy) is 2. The highest BCUT2D eigenvalue weighted by Crippen LogP contribution is 2.35. The molecule has 2 atom stereocenters. The molecule has 1 aliphatic heterocycles. The molecular weight excluding hydrogens is 395 g/mol. The van der Waals surface area contributed by atoms with Crippen molar-refractivity contribution in [1.82, 2.24) is 10.2 Å². The lowest BCUT2D eigenvalue weighted by Gasteiger charge is -2.21. The number of aromatic nitrogens is 2. The van der Waals surface area contributed by atoms with Crippen LogP contribution in [-0.4, -0.2) is 29.5 Å². The summed E-state index contributed by atoms with van der Waals surface area (Å²) in [4.78, 5) is 0. The van der Waals surface area contributed by atoms with Gasteiger partial charge in [-0.05, 0) is 49.2 Å². The summed E-state index contributed by atoms with van der Waals surface area (Å²) < 4.78 is 51.1. The Kier molecular flexibility index (Phi) is 5.51. The van der Waals surface area contributed by atoms with E-state index in [4.69, 9.17) is 9.47 Å². The molecule has 0 aliphatic carbocycles. The van der Waals surface area contributed by atoms with Crippen molar-refractivity contribution in [3.63, 3.8) is 0 Å². The fraction of sp³-hybridized carbons (Fsp3) is 0.364. The zero-order chi connectivity index (χ0) is 21.3. The van der Waals surface area contributed by atoms with Gasteiger partial charge in [-0.1, -0.05) is 12.1 Å². The lowest BCUT2D eigenvalue weighted by molar-refractivity contribution is -0.138. The first kappa shape index (κ1) is 20.4. The maximum Gasteiger partial charge on any atom is 0.416 e. The number of alkyl halides is 3. The summed E-state index contributed by atoms with van der Waals surface area (Å²) in [5.74, 6) is 1.18. The van der Waals surface area contributed by atoms with Crippen LogP contribution in [0.15, 0.2) is 42.6 Å². The monoisotopic (exact) mass is 417 g/mol. The molecule has 4 rings (SSSR count). The van der Waals surface area contributed by atoms with E-state index >= 15 is 0 Å². The highest BCUT2D eigenvalue weighted by atomic mass is 19.4. The van der Waals surface area contributed by atoms with Gasteiger partial charge in [0.2, 0.25) is 0 Å². The first-order valence-corrected chi connectivity index (χ1v) is 9.76. The van der Waals surface area contributed by atoms with E-state index in [-0.39, 0.29) is 11.7 Å². The second kappa shape index (κ2) is 8.10. The number of anilines is 1. The molecule has 0 radical (unpaired) electrons. The van der Waals surface area contributed by atoms with Crippen LogP contribution in [0.2, 0.25) is 0 Å². The van der Waals surface area contributed by atoms with Crippen LogP contribution in [0.5, 0.6) is 5.75 Å². The van der Waals surface area contributed by atoms with Gasteiger partial charge in [0.25, 0.3) is 0 Å². The molecule has 2 aromatic carbocycles. The molecule has 5 nitrogen and oxygen atoms in total. The number of halogens is 3. The standard InChI is InChI=1S/C22H22F3N3O2/c1-13-18(4-3-5-20(13)22(23,24)25)14(2)27-21-19-10-16(30-17-8-9-29-12-17)7-6-15(19)11-26-28-21/h3-7,10-11,14,17H,8-9,12H2,1-2H3,(H,27,28)/t14-,17+/m1/s1. The highest BCUT2D eigenvalue weighted by molar-refractivity contribution is 5.92. The molecule has 0 bridgehead atoms. The van der Waals surface area contributed by atoms with E-state index in [1.165, 1.54) is 13.0 Å². The Hall–Kier alpha value is -2.87. The molecule has 3 aromatic rings. The second-order valence-corrected chi connectivity index (χ2v) is 7.43. The smallest absolute Gasteiger partial charge is 0.416 e. The zero-order valence-electron chi connectivity index (χ0n) is 16.7. The molecule has 8 heteroatoms. The number of nitrogens with zero attached hydrogens (tertiary/aromatic N) is 2. The molecule has 1 aliphatic rings. The van der Waals surface area contributed by atoms with E-state index < -0.39 is 17.8 Å². The van der Waals surface area contributed by atoms with E-state index in [0.717, 1.165) is 23.3 Å². The molecule has 158 valence electrons. The normalized spacial score (nSPS) is 17.8. The van der Waals surface area contributed by atoms with Crippen molar-refractivity contribution in [2.24, 2.45) is 0 Å². The van der Waals surface area contributed by atoms with Gasteiger partial charge in [-0.2, -0.15) is 18.3 Å². The molecular formula is C22H22F3N3O2. The lowest BCUT2D eigenvalue weighted by Crippen LogP contribution is -2.16. The molecule has 1 fully saturated rings. The Morgan fingerprint density at radius 1 is 1.23 bits per heavy atom. The molecule has 0 spiro atoms. The Bertz CT molecular complexity index is 1050. The third-order valence-electron chi connectivity index (χ3n) is 5.33. The van der Waals surface area contributed by atoms with Gasteiger partial charge in [-0.3, -0.25) is 0 Å². The van der Waals surface area contributed by atoms with Crippen molar-refractivity contribution in [2.45, 2.75) is 38.6 Å². The number of nitrogens with one attached hydrogen (secondary N) is 1. The van der Waals surface area contributed by atoms with Crippen LogP contribution >= 0.6 is 0 Å². The van der Waals surface area contributed by atoms with Crippen molar-refractivity contribution in [3.05, 3.63) is 59.3 Å². The van der Waals surface area contributed by atoms with E-state index in [9.17, 15) is 13.2 Å². The van der Waals surface area contributed by atoms with Crippen molar-refractivity contribution >= 4 is 16.6 Å². The average molecular weight is 417 g/mol.